The van der Waals surface area contributed by atoms with Gasteiger partial charge in [-0.25, -0.2) is 0 Å². The summed E-state index contributed by atoms with van der Waals surface area (Å²) < 4.78 is 26.4. The van der Waals surface area contributed by atoms with E-state index in [-0.39, 0.29) is 158 Å². The second-order valence-corrected chi connectivity index (χ2v) is 18.5. The van der Waals surface area contributed by atoms with Crippen LogP contribution in [0.2, 0.25) is 0 Å². The van der Waals surface area contributed by atoms with E-state index in [2.05, 4.69) is 26.3 Å². The first-order valence-electron chi connectivity index (χ1n) is 21.0. The number of terminal acetylenes is 2. The molecule has 0 amide bonds. The number of rotatable bonds is 11. The van der Waals surface area contributed by atoms with E-state index >= 15 is 0 Å². The molecule has 3 aliphatic rings. The van der Waals surface area contributed by atoms with Crippen molar-refractivity contribution in [2.75, 3.05) is 27.5 Å². The van der Waals surface area contributed by atoms with Crippen LogP contribution in [-0.2, 0) is 65.6 Å². The van der Waals surface area contributed by atoms with Crippen LogP contribution >= 0.6 is 7.14 Å². The molecule has 5 rings (SSSR count). The second-order valence-electron chi connectivity index (χ2n) is 15.4. The topological polar surface area (TPSA) is 236 Å². The number of ether oxygens (including phenoxy) is 3. The minimum absolute atomic E-state index is 0. The van der Waals surface area contributed by atoms with E-state index in [4.69, 9.17) is 43.0 Å². The number of carbonyl (C=O) groups is 6. The van der Waals surface area contributed by atoms with Crippen LogP contribution in [0.15, 0.2) is 60.7 Å². The van der Waals surface area contributed by atoms with Gasteiger partial charge in [-0.3, -0.25) is 24.0 Å². The molecule has 3 aliphatic carbocycles. The maximum atomic E-state index is 11.9. The van der Waals surface area contributed by atoms with Crippen LogP contribution in [0.1, 0.15) is 96.5 Å². The van der Waals surface area contributed by atoms with Gasteiger partial charge < -0.3 is 45.8 Å². The number of hydrogen-bond acceptors (Lipinski definition) is 13. The quantitative estimate of drug-likeness (QED) is 0.0276. The molecule has 0 spiro atoms. The number of hydrogen-bond donors (Lipinski definition) is 1. The Morgan fingerprint density at radius 2 is 1.06 bits per heavy atom. The van der Waals surface area contributed by atoms with E-state index in [1.54, 1.807) is 0 Å². The van der Waals surface area contributed by atoms with Crippen molar-refractivity contribution in [3.63, 3.8) is 0 Å². The summed E-state index contributed by atoms with van der Waals surface area (Å²) in [6.07, 6.45) is 22.2. The number of carbonyl (C=O) groups excluding carboxylic acids is 6. The van der Waals surface area contributed by atoms with Crippen LogP contribution in [0.5, 0.6) is 0 Å². The van der Waals surface area contributed by atoms with Crippen LogP contribution in [0, 0.1) is 60.2 Å². The first-order valence-corrected chi connectivity index (χ1v) is 23.6. The smallest absolute Gasteiger partial charge is 1.00 e. The zero-order chi connectivity index (χ0) is 48.3. The van der Waals surface area contributed by atoms with E-state index in [0.717, 1.165) is 102 Å². The molecule has 0 bridgehead atoms. The molecular formula is C48H65K2N2O13P. The van der Waals surface area contributed by atoms with Crippen LogP contribution in [0.3, 0.4) is 0 Å². The monoisotopic (exact) mass is 986 g/mol. The average molecular weight is 987 g/mol. The van der Waals surface area contributed by atoms with Crippen molar-refractivity contribution in [1.29, 1.82) is 0 Å². The summed E-state index contributed by atoms with van der Waals surface area (Å²) in [5.74, 6) is 5.76. The maximum Gasteiger partial charge on any atom is 1.00 e. The fraction of sp³-hybridized carbons (Fsp3) is 0.521. The summed E-state index contributed by atoms with van der Waals surface area (Å²) in [7, 11) is -0.241. The van der Waals surface area contributed by atoms with Crippen molar-refractivity contribution < 1.29 is 172 Å². The Bertz CT molecular complexity index is 1880. The van der Waals surface area contributed by atoms with E-state index in [9.17, 15) is 28.5 Å². The Morgan fingerprint density at radius 3 is 1.30 bits per heavy atom. The molecular weight excluding hydrogens is 922 g/mol. The summed E-state index contributed by atoms with van der Waals surface area (Å²) in [5.41, 5.74) is 10.0. The Balaban J connectivity index is -0.000000383. The fourth-order valence-electron chi connectivity index (χ4n) is 6.90. The number of esters is 3. The van der Waals surface area contributed by atoms with Gasteiger partial charge >= 0.3 is 126 Å². The van der Waals surface area contributed by atoms with Gasteiger partial charge in [-0.05, 0) is 102 Å². The number of aldehydes is 1. The summed E-state index contributed by atoms with van der Waals surface area (Å²) in [6, 6.07) is 19.4. The molecule has 352 valence electrons. The van der Waals surface area contributed by atoms with E-state index < -0.39 is 12.9 Å². The van der Waals surface area contributed by atoms with Gasteiger partial charge in [-0.1, -0.05) is 60.7 Å². The normalized spacial score (nSPS) is 19.9. The van der Waals surface area contributed by atoms with E-state index in [1.807, 2.05) is 60.7 Å². The molecule has 2 aromatic rings. The van der Waals surface area contributed by atoms with Gasteiger partial charge in [-0.2, -0.15) is 4.79 Å². The maximum absolute atomic E-state index is 11.9. The van der Waals surface area contributed by atoms with Gasteiger partial charge in [-0.15, -0.1) is 24.7 Å². The van der Waals surface area contributed by atoms with Crippen molar-refractivity contribution >= 4 is 49.0 Å². The zero-order valence-electron chi connectivity index (χ0n) is 40.6. The Morgan fingerprint density at radius 1 is 0.727 bits per heavy atom. The van der Waals surface area contributed by atoms with Crippen LogP contribution in [-0.4, -0.2) is 79.3 Å². The average Bonchev–Trinajstić information content (AvgIpc) is 3.33. The standard InChI is InChI=1S/C16H18O2.C15H18O3.C10H14O2.C5H9N2O2P.CH2O3.CH4O.2K.H/c1-2-13-8-10-15(11-9-13)16(17)18-12-14-6-4-3-5-7-14;16-10-12-6-8-14(9-7-12)15(17)18-11-13-4-2-1-3-5-13;1-3-8-4-6-9(7-5-8)10(11)12-2;1-4(8)5(7-6)10(2,3)9;2-1-4-3;1-2;;;/h1,3-7,13,15H,8-12H2;1-5,10,12,14H,6-9,11H2;1,8-9H,4-7H2,2H3;1-3H3;1,3H;2H,1H3;;;/q;;;;;;2*+1;-1/p-1. The molecule has 3 fully saturated rings. The van der Waals surface area contributed by atoms with Gasteiger partial charge in [0.15, 0.2) is 7.14 Å². The SMILES string of the molecule is C#CC1CCC(C(=O)OC)CC1.C#CC1CCC(C(=O)OCc2ccccc2)CC1.CC(=O)C(=[N+]=[N-])P(C)(C)=O.CO.O=CC1CCC(C(=O)OCc2ccccc2)CC1.O=CO[O-].[H-].[K+].[K+]. The van der Waals surface area contributed by atoms with Gasteiger partial charge in [0.1, 0.15) is 19.5 Å². The number of aliphatic hydroxyl groups is 1. The first-order chi connectivity index (χ1) is 30.7. The van der Waals surface area contributed by atoms with Gasteiger partial charge in [0, 0.05) is 31.8 Å². The minimum Gasteiger partial charge on any atom is -1.00 e. The van der Waals surface area contributed by atoms with Crippen molar-refractivity contribution in [3.8, 4) is 24.7 Å². The molecule has 0 aliphatic heterocycles. The molecule has 3 saturated carbocycles. The molecule has 0 saturated heterocycles. The van der Waals surface area contributed by atoms with Gasteiger partial charge in [0.2, 0.25) is 5.78 Å². The molecule has 0 unspecified atom stereocenters. The molecule has 15 nitrogen and oxygen atoms in total. The van der Waals surface area contributed by atoms with Gasteiger partial charge in [0.25, 0.3) is 6.47 Å². The summed E-state index contributed by atoms with van der Waals surface area (Å²) >= 11 is 0. The first kappa shape index (κ1) is 67.9. The molecule has 66 heavy (non-hydrogen) atoms. The number of benzene rings is 2. The molecule has 2 aromatic carbocycles. The molecule has 1 N–H and O–H groups in total. The van der Waals surface area contributed by atoms with E-state index in [1.165, 1.54) is 27.4 Å². The number of Topliss-reactive ketones (excluding diaryl/α,β-unsaturated/α-hetero) is 1. The van der Waals surface area contributed by atoms with Crippen LogP contribution < -0.4 is 108 Å². The molecule has 0 atom stereocenters. The predicted octanol–water partition coefficient (Wildman–Crippen LogP) is 0.494. The third-order valence-corrected chi connectivity index (χ3v) is 11.9. The van der Waals surface area contributed by atoms with E-state index in [0.29, 0.717) is 25.0 Å². The Labute approximate surface area is 477 Å². The summed E-state index contributed by atoms with van der Waals surface area (Å²) in [5, 5.41) is 15.4. The van der Waals surface area contributed by atoms with Gasteiger partial charge in [0.05, 0.1) is 24.9 Å². The molecule has 18 heteroatoms. The third kappa shape index (κ3) is 30.2. The number of nitrogens with zero attached hydrogens (tertiary/aromatic N) is 2. The fourth-order valence-corrected chi connectivity index (χ4v) is 7.87. The predicted molar refractivity (Wildman–Crippen MR) is 240 cm³/mol. The minimum atomic E-state index is -2.68. The third-order valence-electron chi connectivity index (χ3n) is 10.5. The zero-order valence-corrected chi connectivity index (χ0v) is 46.8. The molecule has 0 radical (unpaired) electrons. The Kier molecular flexibility index (Phi) is 42.7. The molecule has 0 heterocycles. The second kappa shape index (κ2) is 41.5. The largest absolute Gasteiger partial charge is 1.00 e. The van der Waals surface area contributed by atoms with Crippen molar-refractivity contribution in [2.45, 2.75) is 97.2 Å². The van der Waals surface area contributed by atoms with Crippen molar-refractivity contribution in [2.24, 2.45) is 35.5 Å². The summed E-state index contributed by atoms with van der Waals surface area (Å²) in [4.78, 5) is 69.9. The van der Waals surface area contributed by atoms with Crippen molar-refractivity contribution in [1.82, 2.24) is 0 Å². The van der Waals surface area contributed by atoms with Crippen molar-refractivity contribution in [3.05, 3.63) is 77.3 Å². The Hall–Kier alpha value is -2.42. The number of aliphatic hydroxyl groups excluding tert-OH is 1. The molecule has 0 aromatic heterocycles. The van der Waals surface area contributed by atoms with Crippen LogP contribution in [0.25, 0.3) is 5.53 Å². The summed E-state index contributed by atoms with van der Waals surface area (Å²) in [6.45, 7) is 4.50. The van der Waals surface area contributed by atoms with Crippen LogP contribution in [0.4, 0.5) is 0 Å². The number of methoxy groups -OCH3 is 1. The number of ketones is 1.